The Balaban J connectivity index is 1.62. The van der Waals surface area contributed by atoms with Crippen molar-refractivity contribution in [2.24, 2.45) is 5.10 Å². The van der Waals surface area contributed by atoms with E-state index >= 15 is 0 Å². The maximum absolute atomic E-state index is 13.8. The number of para-hydroxylation sites is 1. The molecule has 1 heterocycles. The average Bonchev–Trinajstić information content (AvgIpc) is 3.02. The smallest absolute Gasteiger partial charge is 0.282 e. The second-order valence-corrected chi connectivity index (χ2v) is 11.6. The highest BCUT2D eigenvalue weighted by Crippen LogP contribution is 2.42. The molecule has 0 amide bonds. The molecular weight excluding hydrogens is 649 g/mol. The van der Waals surface area contributed by atoms with Gasteiger partial charge in [0.15, 0.2) is 17.3 Å². The topological polar surface area (TPSA) is 74.9 Å². The molecule has 0 fully saturated rings. The van der Waals surface area contributed by atoms with Crippen molar-refractivity contribution < 1.29 is 18.6 Å². The first-order chi connectivity index (χ1) is 21.1. The zero-order valence-electron chi connectivity index (χ0n) is 24.8. The van der Waals surface area contributed by atoms with Gasteiger partial charge in [-0.3, -0.25) is 4.79 Å². The first kappa shape index (κ1) is 31.2. The number of nitrogens with zero attached hydrogens (tertiary/aromatic N) is 3. The number of aryl methyl sites for hydroxylation is 1. The van der Waals surface area contributed by atoms with Gasteiger partial charge in [0, 0.05) is 15.6 Å². The van der Waals surface area contributed by atoms with E-state index in [1.807, 2.05) is 31.2 Å². The lowest BCUT2D eigenvalue weighted by Gasteiger charge is -2.17. The second kappa shape index (κ2) is 13.2. The summed E-state index contributed by atoms with van der Waals surface area (Å²) >= 11 is 10.3. The lowest BCUT2D eigenvalue weighted by Crippen LogP contribution is -2.21. The van der Waals surface area contributed by atoms with Crippen LogP contribution in [0.4, 0.5) is 4.39 Å². The molecule has 4 aromatic carbocycles. The van der Waals surface area contributed by atoms with E-state index in [2.05, 4.69) is 34.9 Å². The minimum atomic E-state index is -0.331. The molecular formula is C34H30BrClFN3O4. The highest BCUT2D eigenvalue weighted by atomic mass is 79.9. The third-order valence-electron chi connectivity index (χ3n) is 7.18. The van der Waals surface area contributed by atoms with E-state index < -0.39 is 0 Å². The predicted molar refractivity (Wildman–Crippen MR) is 176 cm³/mol. The van der Waals surface area contributed by atoms with Crippen LogP contribution in [0.3, 0.4) is 0 Å². The Bertz CT molecular complexity index is 1940. The van der Waals surface area contributed by atoms with Crippen LogP contribution in [0.1, 0.15) is 42.0 Å². The molecule has 0 N–H and O–H groups in total. The minimum Gasteiger partial charge on any atom is -0.496 e. The summed E-state index contributed by atoms with van der Waals surface area (Å²) in [5, 5.41) is 5.32. The van der Waals surface area contributed by atoms with Crippen LogP contribution in [-0.2, 0) is 6.61 Å². The van der Waals surface area contributed by atoms with Gasteiger partial charge in [0.25, 0.3) is 5.56 Å². The van der Waals surface area contributed by atoms with Crippen molar-refractivity contribution in [3.8, 4) is 28.6 Å². The van der Waals surface area contributed by atoms with Crippen LogP contribution in [0.5, 0.6) is 17.2 Å². The van der Waals surface area contributed by atoms with Gasteiger partial charge in [0.2, 0.25) is 0 Å². The van der Waals surface area contributed by atoms with Crippen molar-refractivity contribution in [2.75, 3.05) is 14.2 Å². The Morgan fingerprint density at radius 2 is 1.75 bits per heavy atom. The minimum absolute atomic E-state index is 0.150. The normalized spacial score (nSPS) is 11.5. The SMILES string of the molecule is COc1cc(C)c(-c2nc3ccccc3c(=O)n2N=Cc2cc(OC)c(OCc3ccc(F)cc3)c(Cl)c2Br)cc1C(C)C. The maximum atomic E-state index is 13.8. The van der Waals surface area contributed by atoms with Crippen LogP contribution in [0.25, 0.3) is 22.3 Å². The number of hydrogen-bond acceptors (Lipinski definition) is 6. The number of fused-ring (bicyclic) bond motifs is 1. The summed E-state index contributed by atoms with van der Waals surface area (Å²) < 4.78 is 32.3. The number of hydrogen-bond donors (Lipinski definition) is 0. The Hall–Kier alpha value is -4.21. The summed E-state index contributed by atoms with van der Waals surface area (Å²) in [6, 6.07) is 18.8. The first-order valence-corrected chi connectivity index (χ1v) is 15.0. The molecule has 0 atom stereocenters. The van der Waals surface area contributed by atoms with E-state index in [9.17, 15) is 9.18 Å². The fraction of sp³-hybridized carbons (Fsp3) is 0.206. The van der Waals surface area contributed by atoms with Gasteiger partial charge in [0.1, 0.15) is 23.2 Å². The molecule has 44 heavy (non-hydrogen) atoms. The lowest BCUT2D eigenvalue weighted by atomic mass is 9.96. The van der Waals surface area contributed by atoms with E-state index in [0.29, 0.717) is 38.3 Å². The number of halogens is 3. The van der Waals surface area contributed by atoms with Gasteiger partial charge < -0.3 is 14.2 Å². The summed E-state index contributed by atoms with van der Waals surface area (Å²) in [4.78, 5) is 18.7. The number of benzene rings is 4. The highest BCUT2D eigenvalue weighted by Gasteiger charge is 2.20. The summed E-state index contributed by atoms with van der Waals surface area (Å²) in [6.07, 6.45) is 1.52. The van der Waals surface area contributed by atoms with Gasteiger partial charge in [-0.2, -0.15) is 9.78 Å². The lowest BCUT2D eigenvalue weighted by molar-refractivity contribution is 0.284. The fourth-order valence-corrected chi connectivity index (χ4v) is 5.47. The molecule has 0 spiro atoms. The van der Waals surface area contributed by atoms with Crippen LogP contribution in [-0.4, -0.2) is 30.1 Å². The standard InChI is InChI=1S/C34H30BrClFN3O4/c1-19(2)25-16-26(20(3)14-28(25)42-4)33-39-27-9-7-6-8-24(27)34(41)40(33)38-17-22-15-29(43-5)32(31(36)30(22)35)44-18-21-10-12-23(37)13-11-21/h6-17,19H,18H2,1-5H3. The molecule has 226 valence electrons. The maximum Gasteiger partial charge on any atom is 0.282 e. The zero-order chi connectivity index (χ0) is 31.5. The molecule has 7 nitrogen and oxygen atoms in total. The predicted octanol–water partition coefficient (Wildman–Crippen LogP) is 8.53. The molecule has 0 aliphatic carbocycles. The molecule has 0 aliphatic rings. The van der Waals surface area contributed by atoms with E-state index in [-0.39, 0.29) is 28.9 Å². The van der Waals surface area contributed by atoms with E-state index in [1.165, 1.54) is 30.1 Å². The number of aromatic nitrogens is 2. The van der Waals surface area contributed by atoms with E-state index in [0.717, 1.165) is 28.0 Å². The molecule has 0 saturated heterocycles. The molecule has 10 heteroatoms. The Kier molecular flexibility index (Phi) is 9.36. The second-order valence-electron chi connectivity index (χ2n) is 10.4. The van der Waals surface area contributed by atoms with Crippen LogP contribution in [0, 0.1) is 12.7 Å². The summed E-state index contributed by atoms with van der Waals surface area (Å²) in [6.45, 7) is 6.26. The molecule has 0 unspecified atom stereocenters. The van der Waals surface area contributed by atoms with Crippen molar-refractivity contribution in [3.05, 3.63) is 115 Å². The van der Waals surface area contributed by atoms with Crippen molar-refractivity contribution in [1.82, 2.24) is 9.66 Å². The van der Waals surface area contributed by atoms with Gasteiger partial charge in [0.05, 0.1) is 31.3 Å². The molecule has 0 saturated carbocycles. The third-order valence-corrected chi connectivity index (χ3v) is 8.62. The van der Waals surface area contributed by atoms with Crippen molar-refractivity contribution in [2.45, 2.75) is 33.3 Å². The average molecular weight is 679 g/mol. The molecule has 0 bridgehead atoms. The summed E-state index contributed by atoms with van der Waals surface area (Å²) in [5.74, 6) is 1.67. The quantitative estimate of drug-likeness (QED) is 0.146. The Morgan fingerprint density at radius 1 is 1.05 bits per heavy atom. The third kappa shape index (κ3) is 6.21. The van der Waals surface area contributed by atoms with Gasteiger partial charge in [-0.1, -0.05) is 49.7 Å². The van der Waals surface area contributed by atoms with E-state index in [4.69, 9.17) is 30.8 Å². The number of rotatable bonds is 9. The largest absolute Gasteiger partial charge is 0.496 e. The molecule has 5 aromatic rings. The van der Waals surface area contributed by atoms with Crippen molar-refractivity contribution in [1.29, 1.82) is 0 Å². The highest BCUT2D eigenvalue weighted by molar-refractivity contribution is 9.10. The van der Waals surface area contributed by atoms with Gasteiger partial charge >= 0.3 is 0 Å². The number of ether oxygens (including phenoxy) is 3. The summed E-state index contributed by atoms with van der Waals surface area (Å²) in [5.41, 5.74) is 4.17. The zero-order valence-corrected chi connectivity index (χ0v) is 27.2. The van der Waals surface area contributed by atoms with Crippen molar-refractivity contribution >= 4 is 44.6 Å². The molecule has 1 aromatic heterocycles. The van der Waals surface area contributed by atoms with Gasteiger partial charge in [-0.25, -0.2) is 9.37 Å². The fourth-order valence-electron chi connectivity index (χ4n) is 4.81. The molecule has 0 aliphatic heterocycles. The van der Waals surface area contributed by atoms with E-state index in [1.54, 1.807) is 37.4 Å². The summed E-state index contributed by atoms with van der Waals surface area (Å²) in [7, 11) is 3.14. The van der Waals surface area contributed by atoms with Crippen LogP contribution >= 0.6 is 27.5 Å². The monoisotopic (exact) mass is 677 g/mol. The van der Waals surface area contributed by atoms with Gasteiger partial charge in [-0.15, -0.1) is 0 Å². The van der Waals surface area contributed by atoms with Crippen LogP contribution in [0.15, 0.2) is 81.1 Å². The van der Waals surface area contributed by atoms with Crippen LogP contribution < -0.4 is 19.8 Å². The van der Waals surface area contributed by atoms with Gasteiger partial charge in [-0.05, 0) is 87.9 Å². The first-order valence-electron chi connectivity index (χ1n) is 13.8. The Labute approximate surface area is 268 Å². The number of methoxy groups -OCH3 is 2. The van der Waals surface area contributed by atoms with Crippen LogP contribution in [0.2, 0.25) is 5.02 Å². The van der Waals surface area contributed by atoms with Crippen molar-refractivity contribution in [3.63, 3.8) is 0 Å². The Morgan fingerprint density at radius 3 is 2.43 bits per heavy atom. The molecule has 0 radical (unpaired) electrons. The molecule has 5 rings (SSSR count).